The lowest BCUT2D eigenvalue weighted by atomic mass is 9.88. The Balaban J connectivity index is 1.47. The van der Waals surface area contributed by atoms with Gasteiger partial charge in [-0.05, 0) is 48.6 Å². The van der Waals surface area contributed by atoms with E-state index in [4.69, 9.17) is 0 Å². The van der Waals surface area contributed by atoms with E-state index < -0.39 is 0 Å². The van der Waals surface area contributed by atoms with E-state index in [1.54, 1.807) is 12.3 Å². The van der Waals surface area contributed by atoms with Gasteiger partial charge in [-0.15, -0.1) is 0 Å². The highest BCUT2D eigenvalue weighted by atomic mass is 16.1. The fraction of sp³-hybridized carbons (Fsp3) is 0.190. The monoisotopic (exact) mass is 329 g/mol. The van der Waals surface area contributed by atoms with Gasteiger partial charge in [-0.25, -0.2) is 4.98 Å². The van der Waals surface area contributed by atoms with Gasteiger partial charge in [0.25, 0.3) is 0 Å². The first kappa shape index (κ1) is 15.5. The number of carbonyl (C=O) groups is 1. The average Bonchev–Trinajstić information content (AvgIpc) is 2.66. The van der Waals surface area contributed by atoms with Gasteiger partial charge >= 0.3 is 0 Å². The van der Waals surface area contributed by atoms with E-state index in [0.717, 1.165) is 30.3 Å². The summed E-state index contributed by atoms with van der Waals surface area (Å²) in [6.07, 6.45) is 8.10. The second-order valence-electron chi connectivity index (χ2n) is 6.27. The van der Waals surface area contributed by atoms with Crippen LogP contribution in [0.15, 0.2) is 60.8 Å². The maximum atomic E-state index is 12.3. The number of hydrogen-bond acceptors (Lipinski definition) is 3. The molecule has 0 saturated heterocycles. The van der Waals surface area contributed by atoms with Crippen molar-refractivity contribution in [1.82, 2.24) is 15.3 Å². The Morgan fingerprint density at radius 2 is 1.88 bits per heavy atom. The predicted octanol–water partition coefficient (Wildman–Crippen LogP) is 3.84. The normalized spacial score (nSPS) is 16.7. The molecule has 25 heavy (non-hydrogen) atoms. The number of nitrogens with one attached hydrogen (secondary N) is 1. The highest BCUT2D eigenvalue weighted by molar-refractivity contribution is 5.92. The molecule has 0 saturated carbocycles. The lowest BCUT2D eigenvalue weighted by molar-refractivity contribution is -0.117. The maximum absolute atomic E-state index is 12.3. The number of fused-ring (bicyclic) bond motifs is 2. The molecule has 3 aromatic rings. The van der Waals surface area contributed by atoms with Crippen LogP contribution in [0.1, 0.15) is 35.7 Å². The van der Waals surface area contributed by atoms with Crippen molar-refractivity contribution in [2.45, 2.75) is 25.3 Å². The molecule has 1 heterocycles. The van der Waals surface area contributed by atoms with Crippen molar-refractivity contribution in [1.29, 1.82) is 0 Å². The quantitative estimate of drug-likeness (QED) is 0.743. The van der Waals surface area contributed by atoms with Crippen LogP contribution in [0.2, 0.25) is 0 Å². The Hall–Kier alpha value is -3.01. The molecular weight excluding hydrogens is 310 g/mol. The van der Waals surface area contributed by atoms with Crippen LogP contribution >= 0.6 is 0 Å². The van der Waals surface area contributed by atoms with E-state index in [9.17, 15) is 4.79 Å². The van der Waals surface area contributed by atoms with Crippen LogP contribution in [0.3, 0.4) is 0 Å². The maximum Gasteiger partial charge on any atom is 0.244 e. The van der Waals surface area contributed by atoms with Gasteiger partial charge in [-0.3, -0.25) is 9.78 Å². The second-order valence-corrected chi connectivity index (χ2v) is 6.27. The Labute approximate surface area is 146 Å². The van der Waals surface area contributed by atoms with E-state index in [2.05, 4.69) is 33.5 Å². The van der Waals surface area contributed by atoms with E-state index in [1.807, 2.05) is 30.3 Å². The minimum absolute atomic E-state index is 0.0878. The number of carbonyl (C=O) groups excluding carboxylic acids is 1. The summed E-state index contributed by atoms with van der Waals surface area (Å²) in [6.45, 7) is 0. The van der Waals surface area contributed by atoms with Crippen molar-refractivity contribution in [3.63, 3.8) is 0 Å². The zero-order valence-electron chi connectivity index (χ0n) is 13.9. The fourth-order valence-corrected chi connectivity index (χ4v) is 3.34. The summed E-state index contributed by atoms with van der Waals surface area (Å²) in [7, 11) is 0. The third kappa shape index (κ3) is 3.43. The largest absolute Gasteiger partial charge is 0.346 e. The number of aromatic nitrogens is 2. The molecule has 0 bridgehead atoms. The minimum Gasteiger partial charge on any atom is -0.346 e. The van der Waals surface area contributed by atoms with E-state index in [0.29, 0.717) is 5.69 Å². The standard InChI is InChI=1S/C21H19N3O/c25-21(24-18-11-5-7-15-6-1-2-8-17(15)18)13-12-16-14-22-19-9-3-4-10-20(19)23-16/h1-4,6,8-10,12-14,18H,5,7,11H2,(H,24,25)/b13-12+. The molecule has 1 unspecified atom stereocenters. The van der Waals surface area contributed by atoms with Crippen LogP contribution in [0.5, 0.6) is 0 Å². The van der Waals surface area contributed by atoms with Gasteiger partial charge in [0.1, 0.15) is 0 Å². The molecule has 2 aromatic carbocycles. The van der Waals surface area contributed by atoms with Crippen LogP contribution in [0, 0.1) is 0 Å². The molecule has 1 aliphatic carbocycles. The lowest BCUT2D eigenvalue weighted by Gasteiger charge is -2.25. The molecule has 1 N–H and O–H groups in total. The Kier molecular flexibility index (Phi) is 4.25. The highest BCUT2D eigenvalue weighted by Crippen LogP contribution is 2.29. The zero-order chi connectivity index (χ0) is 17.1. The summed E-state index contributed by atoms with van der Waals surface area (Å²) >= 11 is 0. The van der Waals surface area contributed by atoms with Crippen molar-refractivity contribution in [3.8, 4) is 0 Å². The van der Waals surface area contributed by atoms with Gasteiger partial charge in [0.15, 0.2) is 0 Å². The fourth-order valence-electron chi connectivity index (χ4n) is 3.34. The Bertz CT molecular complexity index is 949. The smallest absolute Gasteiger partial charge is 0.244 e. The van der Waals surface area contributed by atoms with Crippen LogP contribution in [-0.4, -0.2) is 15.9 Å². The van der Waals surface area contributed by atoms with Crippen molar-refractivity contribution in [2.75, 3.05) is 0 Å². The molecule has 0 spiro atoms. The molecule has 0 aliphatic heterocycles. The van der Waals surface area contributed by atoms with Gasteiger partial charge in [0, 0.05) is 6.08 Å². The lowest BCUT2D eigenvalue weighted by Crippen LogP contribution is -2.29. The number of nitrogens with zero attached hydrogens (tertiary/aromatic N) is 2. The first-order chi connectivity index (χ1) is 12.3. The molecule has 0 fully saturated rings. The molecule has 124 valence electrons. The summed E-state index contributed by atoms with van der Waals surface area (Å²) < 4.78 is 0. The number of hydrogen-bond donors (Lipinski definition) is 1. The second kappa shape index (κ2) is 6.85. The molecule has 4 heteroatoms. The number of amides is 1. The summed E-state index contributed by atoms with van der Waals surface area (Å²) in [6, 6.07) is 16.1. The summed E-state index contributed by atoms with van der Waals surface area (Å²) in [5.41, 5.74) is 4.93. The molecule has 1 aliphatic rings. The van der Waals surface area contributed by atoms with E-state index in [1.165, 1.54) is 17.2 Å². The third-order valence-electron chi connectivity index (χ3n) is 4.56. The SMILES string of the molecule is O=C(/C=C/c1cnc2ccccc2n1)NC1CCCc2ccccc21. The third-order valence-corrected chi connectivity index (χ3v) is 4.56. The summed E-state index contributed by atoms with van der Waals surface area (Å²) in [4.78, 5) is 21.2. The number of aryl methyl sites for hydroxylation is 1. The average molecular weight is 329 g/mol. The van der Waals surface area contributed by atoms with Crippen LogP contribution in [-0.2, 0) is 11.2 Å². The first-order valence-electron chi connectivity index (χ1n) is 8.58. The van der Waals surface area contributed by atoms with Crippen molar-refractivity contribution in [3.05, 3.63) is 77.6 Å². The van der Waals surface area contributed by atoms with Crippen molar-refractivity contribution >= 4 is 23.0 Å². The molecule has 4 rings (SSSR count). The highest BCUT2D eigenvalue weighted by Gasteiger charge is 2.20. The first-order valence-corrected chi connectivity index (χ1v) is 8.58. The van der Waals surface area contributed by atoms with E-state index in [-0.39, 0.29) is 11.9 Å². The molecule has 1 amide bonds. The van der Waals surface area contributed by atoms with Gasteiger partial charge in [-0.2, -0.15) is 0 Å². The molecular formula is C21H19N3O. The molecule has 1 aromatic heterocycles. The number of benzene rings is 2. The van der Waals surface area contributed by atoms with Gasteiger partial charge < -0.3 is 5.32 Å². The zero-order valence-corrected chi connectivity index (χ0v) is 13.9. The Morgan fingerprint density at radius 3 is 2.80 bits per heavy atom. The van der Waals surface area contributed by atoms with Crippen molar-refractivity contribution < 1.29 is 4.79 Å². The van der Waals surface area contributed by atoms with Crippen molar-refractivity contribution in [2.24, 2.45) is 0 Å². The number of para-hydroxylation sites is 2. The molecule has 0 radical (unpaired) electrons. The predicted molar refractivity (Wildman–Crippen MR) is 98.8 cm³/mol. The topological polar surface area (TPSA) is 54.9 Å². The minimum atomic E-state index is -0.100. The van der Waals surface area contributed by atoms with Crippen LogP contribution < -0.4 is 5.32 Å². The summed E-state index contributed by atoms with van der Waals surface area (Å²) in [5.74, 6) is -0.100. The number of rotatable bonds is 3. The van der Waals surface area contributed by atoms with Gasteiger partial charge in [0.05, 0.1) is 29.0 Å². The molecule has 4 nitrogen and oxygen atoms in total. The van der Waals surface area contributed by atoms with Crippen LogP contribution in [0.4, 0.5) is 0 Å². The summed E-state index contributed by atoms with van der Waals surface area (Å²) in [5, 5.41) is 3.11. The molecule has 1 atom stereocenters. The van der Waals surface area contributed by atoms with Gasteiger partial charge in [0.2, 0.25) is 5.91 Å². The van der Waals surface area contributed by atoms with E-state index >= 15 is 0 Å². The Morgan fingerprint density at radius 1 is 1.08 bits per heavy atom. The van der Waals surface area contributed by atoms with Crippen LogP contribution in [0.25, 0.3) is 17.1 Å². The van der Waals surface area contributed by atoms with Gasteiger partial charge in [-0.1, -0.05) is 36.4 Å².